The lowest BCUT2D eigenvalue weighted by atomic mass is 9.83. The van der Waals surface area contributed by atoms with Gasteiger partial charge in [-0.25, -0.2) is 0 Å². The van der Waals surface area contributed by atoms with Gasteiger partial charge < -0.3 is 15.3 Å². The molecule has 0 saturated heterocycles. The van der Waals surface area contributed by atoms with Gasteiger partial charge in [0.25, 0.3) is 0 Å². The molecule has 0 aromatic rings. The Morgan fingerprint density at radius 3 is 2.62 bits per heavy atom. The highest BCUT2D eigenvalue weighted by Crippen LogP contribution is 2.26. The van der Waals surface area contributed by atoms with E-state index in [1.807, 2.05) is 0 Å². The lowest BCUT2D eigenvalue weighted by Crippen LogP contribution is -2.41. The molecule has 0 aromatic carbocycles. The maximum absolute atomic E-state index is 11.5. The van der Waals surface area contributed by atoms with Crippen molar-refractivity contribution in [2.24, 2.45) is 0 Å². The Morgan fingerprint density at radius 1 is 1.56 bits per heavy atom. The minimum absolute atomic E-state index is 0.0200. The highest BCUT2D eigenvalue weighted by molar-refractivity contribution is 5.98. The monoisotopic (exact) mass is 226 g/mol. The van der Waals surface area contributed by atoms with Crippen LogP contribution in [0.25, 0.3) is 0 Å². The van der Waals surface area contributed by atoms with Gasteiger partial charge in [-0.2, -0.15) is 0 Å². The number of aliphatic hydroxyl groups is 3. The summed E-state index contributed by atoms with van der Waals surface area (Å²) < 4.78 is 0. The Bertz CT molecular complexity index is 345. The van der Waals surface area contributed by atoms with Gasteiger partial charge in [-0.1, -0.05) is 12.2 Å². The van der Waals surface area contributed by atoms with E-state index >= 15 is 0 Å². The van der Waals surface area contributed by atoms with Crippen LogP contribution in [0, 0.1) is 0 Å². The van der Waals surface area contributed by atoms with E-state index < -0.39 is 23.1 Å². The van der Waals surface area contributed by atoms with Gasteiger partial charge >= 0.3 is 0 Å². The number of hydrogen-bond acceptors (Lipinski definition) is 4. The molecule has 0 bridgehead atoms. The topological polar surface area (TPSA) is 77.8 Å². The van der Waals surface area contributed by atoms with Gasteiger partial charge in [-0.3, -0.25) is 4.79 Å². The Kier molecular flexibility index (Phi) is 3.38. The number of rotatable bonds is 2. The molecule has 16 heavy (non-hydrogen) atoms. The van der Waals surface area contributed by atoms with Gasteiger partial charge in [0.1, 0.15) is 5.60 Å². The number of carbonyl (C=O) groups excluding carboxylic acids is 1. The Morgan fingerprint density at radius 2 is 2.12 bits per heavy atom. The minimum Gasteiger partial charge on any atom is -0.388 e. The second-order valence-corrected chi connectivity index (χ2v) is 4.99. The lowest BCUT2D eigenvalue weighted by Gasteiger charge is -2.29. The summed E-state index contributed by atoms with van der Waals surface area (Å²) in [6, 6.07) is 0. The zero-order chi connectivity index (χ0) is 12.6. The summed E-state index contributed by atoms with van der Waals surface area (Å²) in [5.41, 5.74) is -2.08. The van der Waals surface area contributed by atoms with Crippen LogP contribution >= 0.6 is 0 Å². The fourth-order valence-corrected chi connectivity index (χ4v) is 1.46. The van der Waals surface area contributed by atoms with Crippen LogP contribution in [0.3, 0.4) is 0 Å². The molecule has 0 heterocycles. The Hall–Kier alpha value is -0.970. The first-order valence-corrected chi connectivity index (χ1v) is 5.20. The largest absolute Gasteiger partial charge is 0.388 e. The summed E-state index contributed by atoms with van der Waals surface area (Å²) in [6.07, 6.45) is 3.32. The molecule has 1 aliphatic carbocycles. The molecule has 0 radical (unpaired) electrons. The molecule has 4 heteroatoms. The van der Waals surface area contributed by atoms with Crippen molar-refractivity contribution in [3.8, 4) is 0 Å². The van der Waals surface area contributed by atoms with E-state index in [9.17, 15) is 20.1 Å². The molecule has 2 unspecified atom stereocenters. The van der Waals surface area contributed by atoms with Crippen molar-refractivity contribution in [2.75, 3.05) is 0 Å². The first kappa shape index (κ1) is 13.1. The molecule has 4 nitrogen and oxygen atoms in total. The number of hydrogen-bond donors (Lipinski definition) is 3. The molecule has 90 valence electrons. The lowest BCUT2D eigenvalue weighted by molar-refractivity contribution is -0.134. The highest BCUT2D eigenvalue weighted by Gasteiger charge is 2.36. The SMILES string of the molecule is CC(C)(O)/C=C/C1=CC(=O)C(C)(O)CC1O. The summed E-state index contributed by atoms with van der Waals surface area (Å²) in [5, 5.41) is 28.8. The van der Waals surface area contributed by atoms with Gasteiger partial charge in [0.05, 0.1) is 11.7 Å². The van der Waals surface area contributed by atoms with E-state index in [0.29, 0.717) is 5.57 Å². The summed E-state index contributed by atoms with van der Waals surface area (Å²) in [4.78, 5) is 11.5. The van der Waals surface area contributed by atoms with Gasteiger partial charge in [0.15, 0.2) is 5.78 Å². The molecular weight excluding hydrogens is 208 g/mol. The molecule has 1 aliphatic rings. The van der Waals surface area contributed by atoms with Gasteiger partial charge in [-0.05, 0) is 32.4 Å². The zero-order valence-corrected chi connectivity index (χ0v) is 9.77. The Balaban J connectivity index is 2.91. The molecule has 0 aliphatic heterocycles. The second kappa shape index (κ2) is 4.13. The normalized spacial score (nSPS) is 32.0. The number of aliphatic hydroxyl groups excluding tert-OH is 1. The van der Waals surface area contributed by atoms with E-state index in [1.165, 1.54) is 25.2 Å². The number of carbonyl (C=O) groups is 1. The molecule has 0 aromatic heterocycles. The van der Waals surface area contributed by atoms with E-state index in [2.05, 4.69) is 0 Å². The maximum Gasteiger partial charge on any atom is 0.187 e. The van der Waals surface area contributed by atoms with Crippen LogP contribution in [0.5, 0.6) is 0 Å². The van der Waals surface area contributed by atoms with Crippen molar-refractivity contribution < 1.29 is 20.1 Å². The van der Waals surface area contributed by atoms with Crippen molar-refractivity contribution >= 4 is 5.78 Å². The van der Waals surface area contributed by atoms with Crippen molar-refractivity contribution in [1.29, 1.82) is 0 Å². The quantitative estimate of drug-likeness (QED) is 0.634. The molecule has 3 N–H and O–H groups in total. The zero-order valence-electron chi connectivity index (χ0n) is 9.77. The van der Waals surface area contributed by atoms with Crippen molar-refractivity contribution in [2.45, 2.75) is 44.5 Å². The third-order valence-corrected chi connectivity index (χ3v) is 2.49. The van der Waals surface area contributed by atoms with Crippen molar-refractivity contribution in [3.05, 3.63) is 23.8 Å². The van der Waals surface area contributed by atoms with E-state index in [-0.39, 0.29) is 6.42 Å². The average molecular weight is 226 g/mol. The van der Waals surface area contributed by atoms with Crippen LogP contribution in [0.15, 0.2) is 23.8 Å². The predicted octanol–water partition coefficient (Wildman–Crippen LogP) is 0.325. The van der Waals surface area contributed by atoms with E-state index in [4.69, 9.17) is 0 Å². The standard InChI is InChI=1S/C12H18O4/c1-11(2,15)5-4-8-6-10(14)12(3,16)7-9(8)13/h4-6,9,13,15-16H,7H2,1-3H3/b5-4+. The smallest absolute Gasteiger partial charge is 0.187 e. The van der Waals surface area contributed by atoms with Crippen molar-refractivity contribution in [1.82, 2.24) is 0 Å². The summed E-state index contributed by atoms with van der Waals surface area (Å²) in [6.45, 7) is 4.57. The first-order valence-electron chi connectivity index (χ1n) is 5.20. The molecule has 0 saturated carbocycles. The minimum atomic E-state index is -1.49. The van der Waals surface area contributed by atoms with Crippen LogP contribution in [0.2, 0.25) is 0 Å². The average Bonchev–Trinajstić information content (AvgIpc) is 2.07. The maximum atomic E-state index is 11.5. The van der Waals surface area contributed by atoms with Crippen LogP contribution in [-0.4, -0.2) is 38.4 Å². The fourth-order valence-electron chi connectivity index (χ4n) is 1.46. The fraction of sp³-hybridized carbons (Fsp3) is 0.583. The van der Waals surface area contributed by atoms with E-state index in [1.54, 1.807) is 13.8 Å². The molecule has 0 amide bonds. The van der Waals surface area contributed by atoms with Gasteiger partial charge in [0, 0.05) is 6.42 Å². The van der Waals surface area contributed by atoms with Crippen LogP contribution < -0.4 is 0 Å². The first-order chi connectivity index (χ1) is 7.12. The van der Waals surface area contributed by atoms with E-state index in [0.717, 1.165) is 0 Å². The Labute approximate surface area is 94.9 Å². The molecule has 0 spiro atoms. The van der Waals surface area contributed by atoms with Gasteiger partial charge in [0.2, 0.25) is 0 Å². The van der Waals surface area contributed by atoms with Crippen molar-refractivity contribution in [3.63, 3.8) is 0 Å². The van der Waals surface area contributed by atoms with Crippen LogP contribution in [0.1, 0.15) is 27.2 Å². The summed E-state index contributed by atoms with van der Waals surface area (Å²) in [5.74, 6) is -0.423. The molecule has 0 fully saturated rings. The second-order valence-electron chi connectivity index (χ2n) is 4.99. The third-order valence-electron chi connectivity index (χ3n) is 2.49. The molecule has 1 rings (SSSR count). The molecular formula is C12H18O4. The number of ketones is 1. The highest BCUT2D eigenvalue weighted by atomic mass is 16.3. The summed E-state index contributed by atoms with van der Waals surface area (Å²) in [7, 11) is 0. The van der Waals surface area contributed by atoms with Gasteiger partial charge in [-0.15, -0.1) is 0 Å². The predicted molar refractivity (Wildman–Crippen MR) is 59.8 cm³/mol. The third kappa shape index (κ3) is 3.27. The van der Waals surface area contributed by atoms with Crippen LogP contribution in [-0.2, 0) is 4.79 Å². The molecule has 2 atom stereocenters. The van der Waals surface area contributed by atoms with Crippen LogP contribution in [0.4, 0.5) is 0 Å². The summed E-state index contributed by atoms with van der Waals surface area (Å²) >= 11 is 0.